The molecule has 1 aromatic carbocycles. The Morgan fingerprint density at radius 3 is 2.46 bits per heavy atom. The fourth-order valence-corrected chi connectivity index (χ4v) is 6.40. The van der Waals surface area contributed by atoms with Crippen LogP contribution in [0.15, 0.2) is 29.2 Å². The summed E-state index contributed by atoms with van der Waals surface area (Å²) < 4.78 is 27.3. The van der Waals surface area contributed by atoms with Crippen molar-refractivity contribution in [2.45, 2.75) is 37.5 Å². The molecule has 3 fully saturated rings. The van der Waals surface area contributed by atoms with Gasteiger partial charge in [0.15, 0.2) is 0 Å². The number of benzene rings is 1. The van der Waals surface area contributed by atoms with Crippen molar-refractivity contribution in [2.75, 3.05) is 39.3 Å². The number of nitrogens with zero attached hydrogens (tertiary/aromatic N) is 2. The fourth-order valence-electron chi connectivity index (χ4n) is 4.97. The lowest BCUT2D eigenvalue weighted by atomic mass is 9.67. The highest BCUT2D eigenvalue weighted by Gasteiger charge is 2.51. The predicted molar refractivity (Wildman–Crippen MR) is 111 cm³/mol. The molecule has 1 amide bonds. The van der Waals surface area contributed by atoms with Crippen molar-refractivity contribution in [1.29, 1.82) is 0 Å². The molecule has 0 unspecified atom stereocenters. The third kappa shape index (κ3) is 3.70. The zero-order valence-corrected chi connectivity index (χ0v) is 18.0. The number of halogens is 1. The largest absolute Gasteiger partial charge is 0.340 e. The molecule has 156 valence electrons. The van der Waals surface area contributed by atoms with Gasteiger partial charge < -0.3 is 10.2 Å². The normalized spacial score (nSPS) is 28.5. The molecule has 0 bridgehead atoms. The van der Waals surface area contributed by atoms with Crippen molar-refractivity contribution in [3.05, 3.63) is 29.8 Å². The van der Waals surface area contributed by atoms with Gasteiger partial charge in [0.1, 0.15) is 0 Å². The van der Waals surface area contributed by atoms with Crippen LogP contribution in [0, 0.1) is 18.3 Å². The first-order valence-electron chi connectivity index (χ1n) is 10.0. The standard InChI is InChI=1S/C20H29N3O3S.ClH/c1-16-5-7-18(8-6-16)27(25,26)23-12-10-22(11-13-23)19(24)20-9-3-2-4-17(20)14-21-15-20;/h5-8,17,21H,2-4,9-15H2,1H3;1H/t17-,20+;/m0./s1. The van der Waals surface area contributed by atoms with E-state index in [9.17, 15) is 13.2 Å². The summed E-state index contributed by atoms with van der Waals surface area (Å²) in [6.45, 7) is 5.37. The summed E-state index contributed by atoms with van der Waals surface area (Å²) in [6, 6.07) is 6.97. The number of aryl methyl sites for hydroxylation is 1. The molecule has 3 aliphatic rings. The lowest BCUT2D eigenvalue weighted by Gasteiger charge is -2.43. The highest BCUT2D eigenvalue weighted by atomic mass is 35.5. The smallest absolute Gasteiger partial charge is 0.243 e. The van der Waals surface area contributed by atoms with E-state index in [2.05, 4.69) is 5.32 Å². The summed E-state index contributed by atoms with van der Waals surface area (Å²) in [5.74, 6) is 0.678. The van der Waals surface area contributed by atoms with Gasteiger partial charge >= 0.3 is 0 Å². The molecule has 2 aliphatic heterocycles. The summed E-state index contributed by atoms with van der Waals surface area (Å²) in [5.41, 5.74) is 0.784. The summed E-state index contributed by atoms with van der Waals surface area (Å²) in [6.07, 6.45) is 4.42. The van der Waals surface area contributed by atoms with Gasteiger partial charge in [-0.2, -0.15) is 4.31 Å². The minimum Gasteiger partial charge on any atom is -0.340 e. The molecule has 1 aromatic rings. The Bertz CT molecular complexity index is 806. The number of carbonyl (C=O) groups excluding carboxylic acids is 1. The second-order valence-corrected chi connectivity index (χ2v) is 10.2. The van der Waals surface area contributed by atoms with Crippen molar-refractivity contribution in [2.24, 2.45) is 11.3 Å². The van der Waals surface area contributed by atoms with Crippen LogP contribution in [0.25, 0.3) is 0 Å². The zero-order chi connectivity index (χ0) is 19.1. The maximum atomic E-state index is 13.3. The number of amides is 1. The molecule has 2 saturated heterocycles. The molecule has 4 rings (SSSR count). The zero-order valence-electron chi connectivity index (χ0n) is 16.4. The Balaban J connectivity index is 0.00000225. The SMILES string of the molecule is Cc1ccc(S(=O)(=O)N2CCN(C(=O)[C@@]34CCCC[C@H]3CNC4)CC2)cc1.Cl. The van der Waals surface area contributed by atoms with Gasteiger partial charge in [-0.05, 0) is 44.4 Å². The number of carbonyl (C=O) groups is 1. The molecule has 0 radical (unpaired) electrons. The average Bonchev–Trinajstić information content (AvgIpc) is 3.13. The number of nitrogens with one attached hydrogen (secondary N) is 1. The Morgan fingerprint density at radius 1 is 1.11 bits per heavy atom. The van der Waals surface area contributed by atoms with Gasteiger partial charge in [-0.25, -0.2) is 8.42 Å². The first-order chi connectivity index (χ1) is 12.9. The molecule has 1 N–H and O–H groups in total. The molecular formula is C20H30ClN3O3S. The lowest BCUT2D eigenvalue weighted by Crippen LogP contribution is -2.56. The van der Waals surface area contributed by atoms with Crippen LogP contribution in [-0.2, 0) is 14.8 Å². The summed E-state index contributed by atoms with van der Waals surface area (Å²) in [7, 11) is -3.49. The van der Waals surface area contributed by atoms with Gasteiger partial charge in [-0.1, -0.05) is 30.5 Å². The van der Waals surface area contributed by atoms with Crippen molar-refractivity contribution in [3.8, 4) is 0 Å². The van der Waals surface area contributed by atoms with Crippen molar-refractivity contribution < 1.29 is 13.2 Å². The second kappa shape index (κ2) is 8.30. The Morgan fingerprint density at radius 2 is 1.79 bits per heavy atom. The van der Waals surface area contributed by atoms with E-state index >= 15 is 0 Å². The molecular weight excluding hydrogens is 398 g/mol. The van der Waals surface area contributed by atoms with Gasteiger partial charge in [0, 0.05) is 32.7 Å². The fraction of sp³-hybridized carbons (Fsp3) is 0.650. The topological polar surface area (TPSA) is 69.7 Å². The van der Waals surface area contributed by atoms with E-state index < -0.39 is 10.0 Å². The predicted octanol–water partition coefficient (Wildman–Crippen LogP) is 2.03. The lowest BCUT2D eigenvalue weighted by molar-refractivity contribution is -0.146. The Hall–Kier alpha value is -1.15. The van der Waals surface area contributed by atoms with E-state index in [1.807, 2.05) is 24.0 Å². The van der Waals surface area contributed by atoms with E-state index in [-0.39, 0.29) is 23.7 Å². The molecule has 2 atom stereocenters. The number of piperazine rings is 1. The van der Waals surface area contributed by atoms with Crippen LogP contribution in [0.1, 0.15) is 31.2 Å². The van der Waals surface area contributed by atoms with Crippen molar-refractivity contribution in [1.82, 2.24) is 14.5 Å². The van der Waals surface area contributed by atoms with Crippen LogP contribution in [0.2, 0.25) is 0 Å². The molecule has 2 heterocycles. The van der Waals surface area contributed by atoms with Crippen LogP contribution < -0.4 is 5.32 Å². The number of sulfonamides is 1. The highest BCUT2D eigenvalue weighted by molar-refractivity contribution is 7.89. The third-order valence-corrected chi connectivity index (χ3v) is 8.56. The maximum absolute atomic E-state index is 13.3. The van der Waals surface area contributed by atoms with Crippen LogP contribution in [0.5, 0.6) is 0 Å². The molecule has 1 aliphatic carbocycles. The van der Waals surface area contributed by atoms with E-state index in [0.717, 1.165) is 37.9 Å². The van der Waals surface area contributed by atoms with Crippen LogP contribution in [-0.4, -0.2) is 62.8 Å². The van der Waals surface area contributed by atoms with Gasteiger partial charge in [-0.3, -0.25) is 4.79 Å². The number of hydrogen-bond acceptors (Lipinski definition) is 4. The molecule has 0 spiro atoms. The number of hydrogen-bond donors (Lipinski definition) is 1. The van der Waals surface area contributed by atoms with Gasteiger partial charge in [0.25, 0.3) is 0 Å². The van der Waals surface area contributed by atoms with Crippen molar-refractivity contribution in [3.63, 3.8) is 0 Å². The highest BCUT2D eigenvalue weighted by Crippen LogP contribution is 2.45. The van der Waals surface area contributed by atoms with Gasteiger partial charge in [-0.15, -0.1) is 12.4 Å². The van der Waals surface area contributed by atoms with Crippen LogP contribution >= 0.6 is 12.4 Å². The first-order valence-corrected chi connectivity index (χ1v) is 11.4. The molecule has 6 nitrogen and oxygen atoms in total. The molecule has 8 heteroatoms. The monoisotopic (exact) mass is 427 g/mol. The molecule has 1 saturated carbocycles. The second-order valence-electron chi connectivity index (χ2n) is 8.24. The summed E-state index contributed by atoms with van der Waals surface area (Å²) >= 11 is 0. The minimum absolute atomic E-state index is 0. The van der Waals surface area contributed by atoms with Crippen molar-refractivity contribution >= 4 is 28.3 Å². The first kappa shape index (κ1) is 21.6. The number of rotatable bonds is 3. The van der Waals surface area contributed by atoms with Gasteiger partial charge in [0.2, 0.25) is 15.9 Å². The number of fused-ring (bicyclic) bond motifs is 1. The molecule has 28 heavy (non-hydrogen) atoms. The quantitative estimate of drug-likeness (QED) is 0.801. The summed E-state index contributed by atoms with van der Waals surface area (Å²) in [5, 5.41) is 3.43. The van der Waals surface area contributed by atoms with E-state index in [1.165, 1.54) is 10.7 Å². The average molecular weight is 428 g/mol. The minimum atomic E-state index is -3.49. The Kier molecular flexibility index (Phi) is 6.39. The van der Waals surface area contributed by atoms with Crippen LogP contribution in [0.3, 0.4) is 0 Å². The van der Waals surface area contributed by atoms with Crippen LogP contribution in [0.4, 0.5) is 0 Å². The third-order valence-electron chi connectivity index (χ3n) is 6.65. The van der Waals surface area contributed by atoms with E-state index in [1.54, 1.807) is 12.1 Å². The molecule has 0 aromatic heterocycles. The van der Waals surface area contributed by atoms with E-state index in [0.29, 0.717) is 37.0 Å². The Labute approximate surface area is 174 Å². The maximum Gasteiger partial charge on any atom is 0.243 e. The van der Waals surface area contributed by atoms with E-state index in [4.69, 9.17) is 0 Å². The summed E-state index contributed by atoms with van der Waals surface area (Å²) in [4.78, 5) is 15.6. The van der Waals surface area contributed by atoms with Gasteiger partial charge in [0.05, 0.1) is 10.3 Å².